The Morgan fingerprint density at radius 3 is 2.35 bits per heavy atom. The van der Waals surface area contributed by atoms with E-state index in [-0.39, 0.29) is 6.61 Å². The van der Waals surface area contributed by atoms with Crippen LogP contribution in [0.25, 0.3) is 0 Å². The average Bonchev–Trinajstić information content (AvgIpc) is 2.57. The molecule has 0 spiro atoms. The van der Waals surface area contributed by atoms with Crippen LogP contribution in [-0.4, -0.2) is 41.8 Å². The molecule has 1 fully saturated rings. The fraction of sp³-hybridized carbons (Fsp3) is 1.00. The maximum atomic E-state index is 9.11. The number of aliphatic hydroxyl groups is 1. The Morgan fingerprint density at radius 1 is 1.24 bits per heavy atom. The number of nitrogens with two attached hydrogens (primary N) is 1. The molecule has 1 rings (SSSR count). The van der Waals surface area contributed by atoms with E-state index in [1.54, 1.807) is 0 Å². The van der Waals surface area contributed by atoms with Gasteiger partial charge in [-0.25, -0.2) is 0 Å². The minimum absolute atomic E-state index is 0.0835. The fourth-order valence-electron chi connectivity index (χ4n) is 2.69. The molecule has 0 aromatic carbocycles. The second-order valence-corrected chi connectivity index (χ2v) is 6.04. The lowest BCUT2D eigenvalue weighted by atomic mass is 9.98. The summed E-state index contributed by atoms with van der Waals surface area (Å²) in [5.41, 5.74) is 5.54. The first-order valence-electron chi connectivity index (χ1n) is 7.15. The van der Waals surface area contributed by atoms with Gasteiger partial charge in [0.15, 0.2) is 0 Å². The number of rotatable bonds is 6. The normalized spacial score (nSPS) is 22.4. The van der Waals surface area contributed by atoms with Gasteiger partial charge in [-0.1, -0.05) is 25.7 Å². The van der Waals surface area contributed by atoms with Crippen LogP contribution in [0.15, 0.2) is 0 Å². The SMILES string of the molecule is CN(CCCC(C)(N)CO)C1CCCCCC1. The maximum Gasteiger partial charge on any atom is 0.0608 e. The molecular formula is C14H30N2O. The molecule has 1 unspecified atom stereocenters. The molecule has 0 radical (unpaired) electrons. The van der Waals surface area contributed by atoms with E-state index in [2.05, 4.69) is 11.9 Å². The maximum absolute atomic E-state index is 9.11. The van der Waals surface area contributed by atoms with E-state index in [4.69, 9.17) is 10.8 Å². The van der Waals surface area contributed by atoms with E-state index in [1.165, 1.54) is 38.5 Å². The molecule has 3 nitrogen and oxygen atoms in total. The van der Waals surface area contributed by atoms with E-state index in [9.17, 15) is 0 Å². The third-order valence-electron chi connectivity index (χ3n) is 4.07. The summed E-state index contributed by atoms with van der Waals surface area (Å²) in [5.74, 6) is 0. The second-order valence-electron chi connectivity index (χ2n) is 6.04. The Labute approximate surface area is 106 Å². The number of hydrogen-bond acceptors (Lipinski definition) is 3. The Kier molecular flexibility index (Phi) is 6.45. The van der Waals surface area contributed by atoms with Crippen LogP contribution in [-0.2, 0) is 0 Å². The van der Waals surface area contributed by atoms with E-state index >= 15 is 0 Å². The molecule has 0 aromatic rings. The van der Waals surface area contributed by atoms with Crippen LogP contribution >= 0.6 is 0 Å². The van der Waals surface area contributed by atoms with Crippen molar-refractivity contribution in [2.75, 3.05) is 20.2 Å². The van der Waals surface area contributed by atoms with Gasteiger partial charge in [-0.15, -0.1) is 0 Å². The van der Waals surface area contributed by atoms with E-state index in [0.717, 1.165) is 25.4 Å². The van der Waals surface area contributed by atoms with Gasteiger partial charge in [-0.05, 0) is 46.2 Å². The Bertz CT molecular complexity index is 198. The van der Waals surface area contributed by atoms with Gasteiger partial charge in [0.25, 0.3) is 0 Å². The zero-order valence-electron chi connectivity index (χ0n) is 11.6. The lowest BCUT2D eigenvalue weighted by Gasteiger charge is -2.29. The molecule has 0 heterocycles. The largest absolute Gasteiger partial charge is 0.394 e. The van der Waals surface area contributed by atoms with Crippen molar-refractivity contribution in [3.8, 4) is 0 Å². The van der Waals surface area contributed by atoms with Gasteiger partial charge in [0.2, 0.25) is 0 Å². The fourth-order valence-corrected chi connectivity index (χ4v) is 2.69. The van der Waals surface area contributed by atoms with Crippen LogP contribution in [0.5, 0.6) is 0 Å². The molecule has 0 bridgehead atoms. The molecule has 0 aliphatic heterocycles. The summed E-state index contributed by atoms with van der Waals surface area (Å²) in [6.07, 6.45) is 10.3. The van der Waals surface area contributed by atoms with Crippen molar-refractivity contribution in [2.24, 2.45) is 5.73 Å². The topological polar surface area (TPSA) is 49.5 Å². The monoisotopic (exact) mass is 242 g/mol. The molecule has 0 amide bonds. The zero-order valence-corrected chi connectivity index (χ0v) is 11.6. The highest BCUT2D eigenvalue weighted by atomic mass is 16.3. The van der Waals surface area contributed by atoms with Crippen molar-refractivity contribution < 1.29 is 5.11 Å². The van der Waals surface area contributed by atoms with Gasteiger partial charge in [0.1, 0.15) is 0 Å². The molecule has 1 atom stereocenters. The summed E-state index contributed by atoms with van der Waals surface area (Å²) in [5, 5.41) is 9.11. The molecule has 1 saturated carbocycles. The Morgan fingerprint density at radius 2 is 1.82 bits per heavy atom. The highest BCUT2D eigenvalue weighted by Gasteiger charge is 2.19. The zero-order chi connectivity index (χ0) is 12.7. The Hall–Kier alpha value is -0.120. The first kappa shape index (κ1) is 14.9. The highest BCUT2D eigenvalue weighted by Crippen LogP contribution is 2.21. The molecule has 0 saturated heterocycles. The molecule has 102 valence electrons. The summed E-state index contributed by atoms with van der Waals surface area (Å²) in [6, 6.07) is 0.774. The molecule has 3 N–H and O–H groups in total. The van der Waals surface area contributed by atoms with Crippen LogP contribution in [0.4, 0.5) is 0 Å². The summed E-state index contributed by atoms with van der Waals surface area (Å²) in [7, 11) is 2.24. The third-order valence-corrected chi connectivity index (χ3v) is 4.07. The molecule has 1 aliphatic rings. The van der Waals surface area contributed by atoms with Gasteiger partial charge < -0.3 is 15.7 Å². The van der Waals surface area contributed by atoms with Crippen LogP contribution < -0.4 is 5.73 Å². The molecule has 1 aliphatic carbocycles. The van der Waals surface area contributed by atoms with Gasteiger partial charge in [-0.2, -0.15) is 0 Å². The first-order chi connectivity index (χ1) is 8.05. The summed E-state index contributed by atoms with van der Waals surface area (Å²) in [4.78, 5) is 2.50. The van der Waals surface area contributed by atoms with Crippen LogP contribution in [0.3, 0.4) is 0 Å². The van der Waals surface area contributed by atoms with Crippen LogP contribution in [0, 0.1) is 0 Å². The van der Waals surface area contributed by atoms with Crippen LogP contribution in [0.2, 0.25) is 0 Å². The van der Waals surface area contributed by atoms with Crippen molar-refractivity contribution in [3.05, 3.63) is 0 Å². The predicted octanol–water partition coefficient (Wildman–Crippen LogP) is 2.13. The molecule has 3 heteroatoms. The average molecular weight is 242 g/mol. The van der Waals surface area contributed by atoms with E-state index in [1.807, 2.05) is 6.92 Å². The number of aliphatic hydroxyl groups excluding tert-OH is 1. The lowest BCUT2D eigenvalue weighted by Crippen LogP contribution is -2.41. The summed E-state index contributed by atoms with van der Waals surface area (Å²) in [6.45, 7) is 3.12. The molecule has 17 heavy (non-hydrogen) atoms. The van der Waals surface area contributed by atoms with Gasteiger partial charge in [0, 0.05) is 11.6 Å². The first-order valence-corrected chi connectivity index (χ1v) is 7.15. The quantitative estimate of drug-likeness (QED) is 0.702. The van der Waals surface area contributed by atoms with E-state index < -0.39 is 5.54 Å². The minimum atomic E-state index is -0.399. The van der Waals surface area contributed by atoms with Gasteiger partial charge in [0.05, 0.1) is 6.61 Å². The standard InChI is InChI=1S/C14H30N2O/c1-14(15,12-17)10-7-11-16(2)13-8-5-3-4-6-9-13/h13,17H,3-12,15H2,1-2H3. The van der Waals surface area contributed by atoms with Crippen molar-refractivity contribution in [1.82, 2.24) is 4.90 Å². The predicted molar refractivity (Wildman–Crippen MR) is 73.0 cm³/mol. The van der Waals surface area contributed by atoms with Gasteiger partial charge in [-0.3, -0.25) is 0 Å². The number of hydrogen-bond donors (Lipinski definition) is 2. The van der Waals surface area contributed by atoms with Gasteiger partial charge >= 0.3 is 0 Å². The van der Waals surface area contributed by atoms with Crippen molar-refractivity contribution in [2.45, 2.75) is 69.9 Å². The molecule has 0 aromatic heterocycles. The van der Waals surface area contributed by atoms with Crippen LogP contribution in [0.1, 0.15) is 58.3 Å². The third kappa shape index (κ3) is 5.84. The highest BCUT2D eigenvalue weighted by molar-refractivity contribution is 4.78. The summed E-state index contributed by atoms with van der Waals surface area (Å²) >= 11 is 0. The molecular weight excluding hydrogens is 212 g/mol. The summed E-state index contributed by atoms with van der Waals surface area (Å²) < 4.78 is 0. The second kappa shape index (κ2) is 7.34. The smallest absolute Gasteiger partial charge is 0.0608 e. The Balaban J connectivity index is 2.21. The van der Waals surface area contributed by atoms with E-state index in [0.29, 0.717) is 0 Å². The lowest BCUT2D eigenvalue weighted by molar-refractivity contribution is 0.178. The number of nitrogens with zero attached hydrogens (tertiary/aromatic N) is 1. The van der Waals surface area contributed by atoms with Crippen molar-refractivity contribution >= 4 is 0 Å². The van der Waals surface area contributed by atoms with Crippen molar-refractivity contribution in [1.29, 1.82) is 0 Å². The minimum Gasteiger partial charge on any atom is -0.394 e. The van der Waals surface area contributed by atoms with Crippen molar-refractivity contribution in [3.63, 3.8) is 0 Å².